The molecule has 0 aromatic heterocycles. The molecule has 0 aromatic carbocycles. The number of nitrogens with zero attached hydrogens (tertiary/aromatic N) is 1. The van der Waals surface area contributed by atoms with Gasteiger partial charge in [-0.25, -0.2) is 0 Å². The fourth-order valence-corrected chi connectivity index (χ4v) is 7.46. The van der Waals surface area contributed by atoms with Crippen molar-refractivity contribution in [3.8, 4) is 0 Å². The number of ether oxygens (including phenoxy) is 2. The second-order valence-electron chi connectivity index (χ2n) is 18.5. The molecule has 0 amide bonds. The number of esters is 1. The molecule has 0 aliphatic carbocycles. The average Bonchev–Trinajstić information content (AvgIpc) is 3.29. The molecule has 2 unspecified atom stereocenters. The topological polar surface area (TPSA) is 94.1 Å². The molecule has 67 heavy (non-hydrogen) atoms. The summed E-state index contributed by atoms with van der Waals surface area (Å²) in [5.74, 6) is -0.366. The van der Waals surface area contributed by atoms with Gasteiger partial charge in [0.25, 0.3) is 7.82 Å². The molecule has 0 spiro atoms. The van der Waals surface area contributed by atoms with Gasteiger partial charge in [0, 0.05) is 13.0 Å². The molecule has 384 valence electrons. The third kappa shape index (κ3) is 54.0. The van der Waals surface area contributed by atoms with E-state index >= 15 is 0 Å². The zero-order chi connectivity index (χ0) is 49.0. The predicted octanol–water partition coefficient (Wildman–Crippen LogP) is 16.1. The van der Waals surface area contributed by atoms with E-state index in [9.17, 15) is 14.3 Å². The standard InChI is InChI=1S/C58H100NO7P/c1-6-8-10-12-14-16-18-20-22-24-26-28-30-31-33-35-37-39-41-43-45-47-49-51-58(60)66-57(56-65-67(61,62)64-54-52-59(3,4)5)55-63-53-50-48-46-44-42-40-38-36-34-32-29-27-25-23-21-19-17-15-13-11-9-7-2/h8,10,14,16,19-22,25-28,31-34,37,39,57H,6-7,9,11-13,15,17-18,23-24,29-30,35-36,38,40-56H2,1-5H3/b10-8-,16-14-,21-19-,22-20-,27-25-,28-26-,33-31-,34-32-,39-37-. The zero-order valence-electron chi connectivity index (χ0n) is 43.6. The van der Waals surface area contributed by atoms with Gasteiger partial charge in [0.1, 0.15) is 19.3 Å². The van der Waals surface area contributed by atoms with Gasteiger partial charge in [-0.1, -0.05) is 194 Å². The minimum atomic E-state index is -4.55. The second kappa shape index (κ2) is 49.6. The molecule has 0 aliphatic heterocycles. The fraction of sp³-hybridized carbons (Fsp3) is 0.672. The van der Waals surface area contributed by atoms with Gasteiger partial charge in [-0.3, -0.25) is 9.36 Å². The van der Waals surface area contributed by atoms with E-state index in [1.807, 2.05) is 21.1 Å². The van der Waals surface area contributed by atoms with Gasteiger partial charge in [0.2, 0.25) is 0 Å². The lowest BCUT2D eigenvalue weighted by atomic mass is 10.1. The Balaban J connectivity index is 4.25. The summed E-state index contributed by atoms with van der Waals surface area (Å²) in [7, 11) is 1.31. The molecule has 0 saturated heterocycles. The lowest BCUT2D eigenvalue weighted by Crippen LogP contribution is -2.37. The number of hydrogen-bond donors (Lipinski definition) is 0. The summed E-state index contributed by atoms with van der Waals surface area (Å²) in [6.45, 7) is 5.21. The van der Waals surface area contributed by atoms with Crippen LogP contribution in [0.25, 0.3) is 0 Å². The average molecular weight is 954 g/mol. The summed E-state index contributed by atoms with van der Waals surface area (Å²) in [4.78, 5) is 25.2. The van der Waals surface area contributed by atoms with Crippen LogP contribution in [0.3, 0.4) is 0 Å². The quantitative estimate of drug-likeness (QED) is 0.0197. The van der Waals surface area contributed by atoms with Crippen molar-refractivity contribution >= 4 is 13.8 Å². The molecule has 0 fully saturated rings. The van der Waals surface area contributed by atoms with Gasteiger partial charge in [-0.15, -0.1) is 0 Å². The molecule has 0 N–H and O–H groups in total. The summed E-state index contributed by atoms with van der Waals surface area (Å²) in [5.41, 5.74) is 0. The first-order valence-electron chi connectivity index (χ1n) is 26.6. The number of likely N-dealkylation sites (N-methyl/N-ethyl adjacent to an activating group) is 1. The molecule has 0 radical (unpaired) electrons. The molecule has 0 heterocycles. The van der Waals surface area contributed by atoms with Crippen molar-refractivity contribution < 1.29 is 37.3 Å². The zero-order valence-corrected chi connectivity index (χ0v) is 44.5. The van der Waals surface area contributed by atoms with Crippen LogP contribution in [0.5, 0.6) is 0 Å². The van der Waals surface area contributed by atoms with E-state index in [-0.39, 0.29) is 32.2 Å². The van der Waals surface area contributed by atoms with Crippen molar-refractivity contribution in [3.63, 3.8) is 0 Å². The maximum absolute atomic E-state index is 12.8. The van der Waals surface area contributed by atoms with Crippen LogP contribution in [-0.4, -0.2) is 70.7 Å². The normalized spacial score (nSPS) is 14.4. The lowest BCUT2D eigenvalue weighted by molar-refractivity contribution is -0.870. The highest BCUT2D eigenvalue weighted by atomic mass is 31.2. The summed E-state index contributed by atoms with van der Waals surface area (Å²) < 4.78 is 34.7. The maximum atomic E-state index is 12.8. The Labute approximate surface area is 412 Å². The van der Waals surface area contributed by atoms with Crippen LogP contribution < -0.4 is 4.89 Å². The molecule has 0 aromatic rings. The van der Waals surface area contributed by atoms with Gasteiger partial charge in [0.15, 0.2) is 0 Å². The van der Waals surface area contributed by atoms with E-state index in [4.69, 9.17) is 18.5 Å². The van der Waals surface area contributed by atoms with Crippen molar-refractivity contribution in [3.05, 3.63) is 109 Å². The smallest absolute Gasteiger partial charge is 0.306 e. The number of phosphoric acid groups is 1. The number of unbranched alkanes of at least 4 members (excludes halogenated alkanes) is 16. The molecule has 0 bridgehead atoms. The van der Waals surface area contributed by atoms with E-state index in [1.54, 1.807) is 0 Å². The van der Waals surface area contributed by atoms with E-state index in [2.05, 4.69) is 123 Å². The monoisotopic (exact) mass is 954 g/mol. The van der Waals surface area contributed by atoms with Gasteiger partial charge < -0.3 is 27.9 Å². The highest BCUT2D eigenvalue weighted by Gasteiger charge is 2.20. The molecular formula is C58H100NO7P. The van der Waals surface area contributed by atoms with Crippen LogP contribution in [0.2, 0.25) is 0 Å². The van der Waals surface area contributed by atoms with Crippen LogP contribution >= 0.6 is 7.82 Å². The summed E-state index contributed by atoms with van der Waals surface area (Å²) in [5, 5.41) is 0. The first kappa shape index (κ1) is 64.2. The van der Waals surface area contributed by atoms with E-state index in [0.717, 1.165) is 109 Å². The highest BCUT2D eigenvalue weighted by molar-refractivity contribution is 7.45. The maximum Gasteiger partial charge on any atom is 0.306 e. The highest BCUT2D eigenvalue weighted by Crippen LogP contribution is 2.38. The molecular weight excluding hydrogens is 854 g/mol. The Morgan fingerprint density at radius 3 is 1.30 bits per heavy atom. The Bertz CT molecular complexity index is 1430. The van der Waals surface area contributed by atoms with Gasteiger partial charge in [-0.05, 0) is 103 Å². The number of hydrogen-bond acceptors (Lipinski definition) is 7. The molecule has 0 saturated carbocycles. The van der Waals surface area contributed by atoms with Crippen LogP contribution in [0.4, 0.5) is 0 Å². The first-order chi connectivity index (χ1) is 32.6. The molecule has 0 rings (SSSR count). The minimum Gasteiger partial charge on any atom is -0.756 e. The van der Waals surface area contributed by atoms with Crippen LogP contribution in [0.15, 0.2) is 109 Å². The number of quaternary nitrogens is 1. The van der Waals surface area contributed by atoms with Crippen molar-refractivity contribution in [2.75, 3.05) is 54.1 Å². The third-order valence-corrected chi connectivity index (χ3v) is 11.8. The van der Waals surface area contributed by atoms with E-state index < -0.39 is 13.9 Å². The van der Waals surface area contributed by atoms with Crippen LogP contribution in [0.1, 0.15) is 194 Å². The van der Waals surface area contributed by atoms with Crippen molar-refractivity contribution in [2.45, 2.75) is 200 Å². The van der Waals surface area contributed by atoms with Crippen LogP contribution in [0, 0.1) is 0 Å². The lowest BCUT2D eigenvalue weighted by Gasteiger charge is -2.28. The fourth-order valence-electron chi connectivity index (χ4n) is 6.73. The minimum absolute atomic E-state index is 0.0119. The van der Waals surface area contributed by atoms with Gasteiger partial charge in [0.05, 0.1) is 34.4 Å². The Morgan fingerprint density at radius 1 is 0.478 bits per heavy atom. The Morgan fingerprint density at radius 2 is 0.866 bits per heavy atom. The largest absolute Gasteiger partial charge is 0.756 e. The number of carbonyl (C=O) groups excluding carboxylic acids is 1. The Kier molecular flexibility index (Phi) is 47.5. The van der Waals surface area contributed by atoms with Crippen molar-refractivity contribution in [1.82, 2.24) is 0 Å². The molecule has 8 nitrogen and oxygen atoms in total. The molecule has 9 heteroatoms. The third-order valence-electron chi connectivity index (χ3n) is 10.8. The molecule has 2 atom stereocenters. The number of allylic oxidation sites excluding steroid dienone is 18. The predicted molar refractivity (Wildman–Crippen MR) is 286 cm³/mol. The Hall–Kier alpha value is -2.84. The van der Waals surface area contributed by atoms with Gasteiger partial charge >= 0.3 is 5.97 Å². The van der Waals surface area contributed by atoms with E-state index in [0.29, 0.717) is 17.6 Å². The van der Waals surface area contributed by atoms with Gasteiger partial charge in [-0.2, -0.15) is 0 Å². The summed E-state index contributed by atoms with van der Waals surface area (Å²) >= 11 is 0. The van der Waals surface area contributed by atoms with Crippen molar-refractivity contribution in [1.29, 1.82) is 0 Å². The number of phosphoric ester groups is 1. The molecule has 0 aliphatic rings. The van der Waals surface area contributed by atoms with E-state index in [1.165, 1.54) is 64.2 Å². The first-order valence-corrected chi connectivity index (χ1v) is 28.1. The number of carbonyl (C=O) groups is 1. The number of rotatable bonds is 48. The summed E-state index contributed by atoms with van der Waals surface area (Å²) in [6, 6.07) is 0. The SMILES string of the molecule is CC/C=C\C/C=C\C/C=C\C/C=C\C/C=C\C/C=C\CCCCCCC(=O)OC(COCCCCCCCCC/C=C\C/C=C\C/C=C\CCCCCCC)COP(=O)([O-])OCC[N+](C)(C)C. The van der Waals surface area contributed by atoms with Crippen molar-refractivity contribution in [2.24, 2.45) is 0 Å². The van der Waals surface area contributed by atoms with Crippen LogP contribution in [-0.2, 0) is 27.9 Å². The second-order valence-corrected chi connectivity index (χ2v) is 19.9. The summed E-state index contributed by atoms with van der Waals surface area (Å²) in [6.07, 6.45) is 69.7.